The highest BCUT2D eigenvalue weighted by Gasteiger charge is 2.37. The van der Waals surface area contributed by atoms with E-state index in [-0.39, 0.29) is 24.3 Å². The number of hydrogen-bond donors (Lipinski definition) is 0. The van der Waals surface area contributed by atoms with Crippen LogP contribution in [-0.4, -0.2) is 55.2 Å². The number of benzene rings is 2. The molecular formula is C24H26FN3O4. The normalized spacial score (nSPS) is 17.7. The second-order valence-corrected chi connectivity index (χ2v) is 8.07. The van der Waals surface area contributed by atoms with Gasteiger partial charge in [-0.3, -0.25) is 9.59 Å². The molecule has 1 fully saturated rings. The number of rotatable bonds is 7. The summed E-state index contributed by atoms with van der Waals surface area (Å²) in [5, 5.41) is 5.86. The molecule has 0 N–H and O–H groups in total. The van der Waals surface area contributed by atoms with Gasteiger partial charge in [0.25, 0.3) is 5.91 Å². The minimum atomic E-state index is -0.457. The zero-order valence-corrected chi connectivity index (χ0v) is 18.4. The molecule has 1 atom stereocenters. The molecule has 168 valence electrons. The third kappa shape index (κ3) is 4.30. The number of nitrogens with zero attached hydrogens (tertiary/aromatic N) is 3. The van der Waals surface area contributed by atoms with Gasteiger partial charge in [0.15, 0.2) is 11.5 Å². The molecule has 0 saturated heterocycles. The Labute approximate surface area is 186 Å². The van der Waals surface area contributed by atoms with E-state index in [0.717, 1.165) is 18.4 Å². The zero-order valence-electron chi connectivity index (χ0n) is 18.4. The summed E-state index contributed by atoms with van der Waals surface area (Å²) in [4.78, 5) is 27.0. The van der Waals surface area contributed by atoms with Crippen molar-refractivity contribution in [3.05, 3.63) is 59.4 Å². The molecule has 2 aromatic rings. The highest BCUT2D eigenvalue weighted by atomic mass is 19.1. The summed E-state index contributed by atoms with van der Waals surface area (Å²) >= 11 is 0. The van der Waals surface area contributed by atoms with Gasteiger partial charge < -0.3 is 14.4 Å². The Morgan fingerprint density at radius 3 is 2.50 bits per heavy atom. The molecular weight excluding hydrogens is 413 g/mol. The molecule has 1 aliphatic carbocycles. The topological polar surface area (TPSA) is 71.4 Å². The number of halogens is 1. The average molecular weight is 439 g/mol. The van der Waals surface area contributed by atoms with Gasteiger partial charge in [-0.2, -0.15) is 5.10 Å². The lowest BCUT2D eigenvalue weighted by Crippen LogP contribution is -2.39. The van der Waals surface area contributed by atoms with E-state index in [1.807, 2.05) is 6.07 Å². The summed E-state index contributed by atoms with van der Waals surface area (Å²) in [5.41, 5.74) is 1.62. The molecule has 1 saturated carbocycles. The Morgan fingerprint density at radius 2 is 1.84 bits per heavy atom. The minimum absolute atomic E-state index is 0.0190. The monoisotopic (exact) mass is 439 g/mol. The first kappa shape index (κ1) is 21.8. The van der Waals surface area contributed by atoms with Gasteiger partial charge >= 0.3 is 0 Å². The molecule has 0 spiro atoms. The lowest BCUT2D eigenvalue weighted by atomic mass is 9.97. The number of likely N-dealkylation sites (N-methyl/N-ethyl adjacent to an activating group) is 1. The van der Waals surface area contributed by atoms with Crippen molar-refractivity contribution >= 4 is 17.5 Å². The third-order valence-electron chi connectivity index (χ3n) is 5.82. The first-order valence-corrected chi connectivity index (χ1v) is 10.5. The summed E-state index contributed by atoms with van der Waals surface area (Å²) in [6.45, 7) is -0.0901. The van der Waals surface area contributed by atoms with Gasteiger partial charge in [0.1, 0.15) is 12.4 Å². The molecule has 2 aromatic carbocycles. The fourth-order valence-electron chi connectivity index (χ4n) is 3.91. The van der Waals surface area contributed by atoms with Crippen molar-refractivity contribution in [2.45, 2.75) is 25.3 Å². The zero-order chi connectivity index (χ0) is 22.8. The SMILES string of the molecule is COc1ccc([C@H]2CC(c3ccccc3F)=NN2C(=O)CN(C)C(=O)C2CC2)cc1OC. The fraction of sp³-hybridized carbons (Fsp3) is 0.375. The molecule has 4 rings (SSSR count). The Bertz CT molecular complexity index is 1070. The van der Waals surface area contributed by atoms with Crippen LogP contribution in [0.5, 0.6) is 11.5 Å². The number of carbonyl (C=O) groups is 2. The van der Waals surface area contributed by atoms with Gasteiger partial charge in [-0.25, -0.2) is 9.40 Å². The average Bonchev–Trinajstić information content (AvgIpc) is 3.56. The molecule has 0 bridgehead atoms. The van der Waals surface area contributed by atoms with Crippen LogP contribution in [0.15, 0.2) is 47.6 Å². The van der Waals surface area contributed by atoms with Crippen molar-refractivity contribution in [3.63, 3.8) is 0 Å². The maximum absolute atomic E-state index is 14.5. The first-order chi connectivity index (χ1) is 15.4. The highest BCUT2D eigenvalue weighted by molar-refractivity contribution is 6.03. The van der Waals surface area contributed by atoms with Crippen molar-refractivity contribution in [1.82, 2.24) is 9.91 Å². The van der Waals surface area contributed by atoms with Gasteiger partial charge in [-0.1, -0.05) is 24.3 Å². The predicted molar refractivity (Wildman–Crippen MR) is 117 cm³/mol. The maximum atomic E-state index is 14.5. The molecule has 2 aliphatic rings. The number of methoxy groups -OCH3 is 2. The number of amides is 2. The van der Waals surface area contributed by atoms with Crippen LogP contribution in [0.25, 0.3) is 0 Å². The van der Waals surface area contributed by atoms with Crippen LogP contribution in [0.1, 0.15) is 36.4 Å². The summed E-state index contributed by atoms with van der Waals surface area (Å²) in [7, 11) is 4.72. The molecule has 2 amide bonds. The van der Waals surface area contributed by atoms with Crippen molar-refractivity contribution in [2.24, 2.45) is 11.0 Å². The van der Waals surface area contributed by atoms with E-state index in [9.17, 15) is 14.0 Å². The van der Waals surface area contributed by atoms with E-state index in [0.29, 0.717) is 29.2 Å². The molecule has 8 heteroatoms. The molecule has 1 aliphatic heterocycles. The predicted octanol–water partition coefficient (Wildman–Crippen LogP) is 3.39. The highest BCUT2D eigenvalue weighted by Crippen LogP contribution is 2.38. The molecule has 32 heavy (non-hydrogen) atoms. The standard InChI is InChI=1S/C24H26FN3O4/c1-27(24(30)15-8-9-15)14-23(29)28-20(16-10-11-21(31-2)22(12-16)32-3)13-19(26-28)17-6-4-5-7-18(17)25/h4-7,10-12,15,20H,8-9,13-14H2,1-3H3/t20-/m1/s1. The quantitative estimate of drug-likeness (QED) is 0.663. The summed E-state index contributed by atoms with van der Waals surface area (Å²) in [6, 6.07) is 11.3. The number of ether oxygens (including phenoxy) is 2. The van der Waals surface area contributed by atoms with E-state index < -0.39 is 11.9 Å². The van der Waals surface area contributed by atoms with Crippen LogP contribution in [0.4, 0.5) is 4.39 Å². The third-order valence-corrected chi connectivity index (χ3v) is 5.82. The number of hydrazone groups is 1. The molecule has 7 nitrogen and oxygen atoms in total. The van der Waals surface area contributed by atoms with Crippen LogP contribution in [0, 0.1) is 11.7 Å². The summed E-state index contributed by atoms with van der Waals surface area (Å²) in [5.74, 6) is 0.360. The van der Waals surface area contributed by atoms with E-state index in [2.05, 4.69) is 5.10 Å². The second kappa shape index (κ2) is 8.98. The van der Waals surface area contributed by atoms with Crippen molar-refractivity contribution in [1.29, 1.82) is 0 Å². The molecule has 0 unspecified atom stereocenters. The lowest BCUT2D eigenvalue weighted by molar-refractivity contribution is -0.141. The Balaban J connectivity index is 1.65. The molecule has 1 heterocycles. The van der Waals surface area contributed by atoms with Crippen LogP contribution < -0.4 is 9.47 Å². The Morgan fingerprint density at radius 1 is 1.12 bits per heavy atom. The minimum Gasteiger partial charge on any atom is -0.493 e. The van der Waals surface area contributed by atoms with Gasteiger partial charge in [-0.15, -0.1) is 0 Å². The molecule has 0 radical (unpaired) electrons. The van der Waals surface area contributed by atoms with Crippen molar-refractivity contribution in [3.8, 4) is 11.5 Å². The maximum Gasteiger partial charge on any atom is 0.262 e. The van der Waals surface area contributed by atoms with Gasteiger partial charge in [0.05, 0.1) is 26.0 Å². The van der Waals surface area contributed by atoms with Gasteiger partial charge in [0.2, 0.25) is 5.91 Å². The Hall–Kier alpha value is -3.42. The smallest absolute Gasteiger partial charge is 0.262 e. The number of hydrogen-bond acceptors (Lipinski definition) is 5. The van der Waals surface area contributed by atoms with E-state index >= 15 is 0 Å². The van der Waals surface area contributed by atoms with Gasteiger partial charge in [-0.05, 0) is 36.6 Å². The van der Waals surface area contributed by atoms with E-state index in [1.54, 1.807) is 51.6 Å². The second-order valence-electron chi connectivity index (χ2n) is 8.07. The van der Waals surface area contributed by atoms with Crippen molar-refractivity contribution < 1.29 is 23.5 Å². The number of carbonyl (C=O) groups excluding carboxylic acids is 2. The first-order valence-electron chi connectivity index (χ1n) is 10.5. The fourth-order valence-corrected chi connectivity index (χ4v) is 3.91. The van der Waals surface area contributed by atoms with Crippen LogP contribution in [0.3, 0.4) is 0 Å². The van der Waals surface area contributed by atoms with Crippen LogP contribution in [0.2, 0.25) is 0 Å². The Kier molecular flexibility index (Phi) is 6.12. The lowest BCUT2D eigenvalue weighted by Gasteiger charge is -2.25. The van der Waals surface area contributed by atoms with Crippen LogP contribution in [-0.2, 0) is 9.59 Å². The largest absolute Gasteiger partial charge is 0.493 e. The summed E-state index contributed by atoms with van der Waals surface area (Å²) in [6.07, 6.45) is 2.07. The summed E-state index contributed by atoms with van der Waals surface area (Å²) < 4.78 is 25.2. The van der Waals surface area contributed by atoms with Crippen LogP contribution >= 0.6 is 0 Å². The van der Waals surface area contributed by atoms with E-state index in [1.165, 1.54) is 16.0 Å². The van der Waals surface area contributed by atoms with Gasteiger partial charge in [0, 0.05) is 24.9 Å². The van der Waals surface area contributed by atoms with E-state index in [4.69, 9.17) is 9.47 Å². The van der Waals surface area contributed by atoms with Crippen molar-refractivity contribution in [2.75, 3.05) is 27.8 Å². The molecule has 0 aromatic heterocycles.